The predicted molar refractivity (Wildman–Crippen MR) is 170 cm³/mol. The molecule has 5 aromatic rings. The van der Waals surface area contributed by atoms with Crippen LogP contribution in [-0.2, 0) is 24.6 Å². The number of sulfone groups is 1. The first-order valence-corrected chi connectivity index (χ1v) is 16.2. The van der Waals surface area contributed by atoms with E-state index in [2.05, 4.69) is 94.4 Å². The molecule has 1 saturated heterocycles. The summed E-state index contributed by atoms with van der Waals surface area (Å²) in [7, 11) is -4.28. The molecule has 6 heteroatoms. The molecule has 1 spiro atoms. The summed E-state index contributed by atoms with van der Waals surface area (Å²) in [6.07, 6.45) is 0. The molecule has 2 aliphatic heterocycles. The number of hydrogen-bond donors (Lipinski definition) is 0. The van der Waals surface area contributed by atoms with Crippen molar-refractivity contribution in [3.63, 3.8) is 0 Å². The van der Waals surface area contributed by atoms with Gasteiger partial charge in [-0.3, -0.25) is 0 Å². The molecule has 0 saturated carbocycles. The minimum atomic E-state index is -3.75. The topological polar surface area (TPSA) is 52.6 Å². The summed E-state index contributed by atoms with van der Waals surface area (Å²) in [5, 5.41) is 0. The second-order valence-electron chi connectivity index (χ2n) is 12.7. The number of benzene rings is 5. The van der Waals surface area contributed by atoms with Crippen LogP contribution in [0.25, 0.3) is 22.3 Å². The first kappa shape index (κ1) is 26.6. The Kier molecular flexibility index (Phi) is 5.45. The van der Waals surface area contributed by atoms with Crippen molar-refractivity contribution in [2.24, 2.45) is 0 Å². The lowest BCUT2D eigenvalue weighted by Crippen LogP contribution is -2.41. The van der Waals surface area contributed by atoms with Gasteiger partial charge in [-0.2, -0.15) is 0 Å². The van der Waals surface area contributed by atoms with Gasteiger partial charge in [-0.15, -0.1) is 0 Å². The van der Waals surface area contributed by atoms with E-state index in [1.165, 1.54) is 0 Å². The van der Waals surface area contributed by atoms with Crippen molar-refractivity contribution < 1.29 is 17.7 Å². The number of hydrogen-bond acceptors (Lipinski definition) is 4. The fourth-order valence-corrected chi connectivity index (χ4v) is 9.02. The molecule has 43 heavy (non-hydrogen) atoms. The van der Waals surface area contributed by atoms with E-state index in [1.807, 2.05) is 36.4 Å². The third kappa shape index (κ3) is 3.43. The Morgan fingerprint density at radius 1 is 0.512 bits per heavy atom. The average molecular weight is 583 g/mol. The zero-order valence-corrected chi connectivity index (χ0v) is 25.4. The van der Waals surface area contributed by atoms with Crippen molar-refractivity contribution in [2.45, 2.75) is 54.1 Å². The van der Waals surface area contributed by atoms with Crippen molar-refractivity contribution in [3.8, 4) is 22.3 Å². The second kappa shape index (κ2) is 8.79. The second-order valence-corrected chi connectivity index (χ2v) is 14.6. The molecule has 4 nitrogen and oxygen atoms in total. The maximum Gasteiger partial charge on any atom is 0.494 e. The maximum atomic E-state index is 14.2. The monoisotopic (exact) mass is 582 g/mol. The lowest BCUT2D eigenvalue weighted by molar-refractivity contribution is 0.00578. The van der Waals surface area contributed by atoms with E-state index in [0.717, 1.165) is 50.0 Å². The first-order valence-electron chi connectivity index (χ1n) is 14.7. The Morgan fingerprint density at radius 3 is 1.53 bits per heavy atom. The largest absolute Gasteiger partial charge is 0.494 e. The number of rotatable bonds is 1. The van der Waals surface area contributed by atoms with Crippen LogP contribution >= 0.6 is 0 Å². The summed E-state index contributed by atoms with van der Waals surface area (Å²) in [5.74, 6) is 0. The van der Waals surface area contributed by atoms with Gasteiger partial charge in [-0.1, -0.05) is 103 Å². The molecule has 0 bridgehead atoms. The van der Waals surface area contributed by atoms with Gasteiger partial charge in [0.05, 0.1) is 26.4 Å². The van der Waals surface area contributed by atoms with Crippen molar-refractivity contribution in [1.82, 2.24) is 0 Å². The van der Waals surface area contributed by atoms with E-state index < -0.39 is 33.6 Å². The van der Waals surface area contributed by atoms with E-state index in [1.54, 1.807) is 12.1 Å². The van der Waals surface area contributed by atoms with Crippen LogP contribution in [0.5, 0.6) is 0 Å². The lowest BCUT2D eigenvalue weighted by atomic mass is 9.62. The highest BCUT2D eigenvalue weighted by Crippen LogP contribution is 2.59. The summed E-state index contributed by atoms with van der Waals surface area (Å²) in [6, 6.07) is 38.4. The summed E-state index contributed by atoms with van der Waals surface area (Å²) >= 11 is 0. The third-order valence-corrected chi connectivity index (χ3v) is 11.8. The standard InChI is InChI=1S/C37H31BO4S/c1-35(2)36(3,4)42-38(41-35)24-21-22-30-28(23-24)26-14-6-5-13-25(26)27-15-7-8-16-29(27)37(30)31-17-9-11-19-33(31)43(39,40)34-20-12-10-18-32(34)37/h5-23H,1-4H3. The Hall–Kier alpha value is -3.97. The highest BCUT2D eigenvalue weighted by atomic mass is 32.2. The molecule has 0 aromatic heterocycles. The summed E-state index contributed by atoms with van der Waals surface area (Å²) in [6.45, 7) is 8.25. The molecule has 0 unspecified atom stereocenters. The Bertz CT molecular complexity index is 2010. The zero-order chi connectivity index (χ0) is 29.8. The van der Waals surface area contributed by atoms with Crippen LogP contribution in [0.3, 0.4) is 0 Å². The van der Waals surface area contributed by atoms with Gasteiger partial charge < -0.3 is 9.31 Å². The van der Waals surface area contributed by atoms with Crippen molar-refractivity contribution in [1.29, 1.82) is 0 Å². The van der Waals surface area contributed by atoms with Gasteiger partial charge in [0.15, 0.2) is 0 Å². The van der Waals surface area contributed by atoms with Gasteiger partial charge in [-0.25, -0.2) is 8.42 Å². The van der Waals surface area contributed by atoms with E-state index in [0.29, 0.717) is 9.79 Å². The zero-order valence-electron chi connectivity index (χ0n) is 24.6. The minimum absolute atomic E-state index is 0.343. The van der Waals surface area contributed by atoms with E-state index in [4.69, 9.17) is 9.31 Å². The van der Waals surface area contributed by atoms with E-state index >= 15 is 0 Å². The molecule has 1 fully saturated rings. The molecule has 2 heterocycles. The summed E-state index contributed by atoms with van der Waals surface area (Å²) < 4.78 is 41.3. The maximum absolute atomic E-state index is 14.2. The minimum Gasteiger partial charge on any atom is -0.399 e. The van der Waals surface area contributed by atoms with Crippen molar-refractivity contribution >= 4 is 22.4 Å². The summed E-state index contributed by atoms with van der Waals surface area (Å²) in [5.41, 5.74) is 6.99. The van der Waals surface area contributed by atoms with Crippen LogP contribution in [0, 0.1) is 0 Å². The van der Waals surface area contributed by atoms with Crippen LogP contribution in [-0.4, -0.2) is 26.7 Å². The lowest BCUT2D eigenvalue weighted by Gasteiger charge is -2.42. The summed E-state index contributed by atoms with van der Waals surface area (Å²) in [4.78, 5) is 0.686. The van der Waals surface area contributed by atoms with E-state index in [9.17, 15) is 8.42 Å². The van der Waals surface area contributed by atoms with Crippen LogP contribution < -0.4 is 5.46 Å². The molecule has 1 aliphatic carbocycles. The van der Waals surface area contributed by atoms with Gasteiger partial charge in [0.25, 0.3) is 0 Å². The fourth-order valence-electron chi connectivity index (χ4n) is 7.25. The highest BCUT2D eigenvalue weighted by Gasteiger charge is 2.54. The van der Waals surface area contributed by atoms with Gasteiger partial charge in [0.2, 0.25) is 9.84 Å². The average Bonchev–Trinajstić information content (AvgIpc) is 3.17. The van der Waals surface area contributed by atoms with Crippen LogP contribution in [0.1, 0.15) is 49.9 Å². The molecule has 0 amide bonds. The van der Waals surface area contributed by atoms with Crippen LogP contribution in [0.4, 0.5) is 0 Å². The van der Waals surface area contributed by atoms with Crippen molar-refractivity contribution in [3.05, 3.63) is 138 Å². The predicted octanol–water partition coefficient (Wildman–Crippen LogP) is 7.16. The van der Waals surface area contributed by atoms with Gasteiger partial charge in [-0.05, 0) is 89.8 Å². The Labute approximate surface area is 253 Å². The van der Waals surface area contributed by atoms with Gasteiger partial charge in [0.1, 0.15) is 0 Å². The Morgan fingerprint density at radius 2 is 0.953 bits per heavy atom. The Balaban J connectivity index is 1.54. The first-order chi connectivity index (χ1) is 20.6. The molecule has 212 valence electrons. The molecular formula is C37H31BO4S. The van der Waals surface area contributed by atoms with Gasteiger partial charge in [0, 0.05) is 0 Å². The molecule has 0 radical (unpaired) electrons. The fraction of sp³-hybridized carbons (Fsp3) is 0.189. The normalized spacial score (nSPS) is 19.4. The molecular weight excluding hydrogens is 551 g/mol. The smallest absolute Gasteiger partial charge is 0.399 e. The highest BCUT2D eigenvalue weighted by molar-refractivity contribution is 7.91. The van der Waals surface area contributed by atoms with Crippen molar-refractivity contribution in [2.75, 3.05) is 0 Å². The van der Waals surface area contributed by atoms with Crippen LogP contribution in [0.2, 0.25) is 0 Å². The number of fused-ring (bicyclic) bond motifs is 11. The molecule has 8 rings (SSSR count). The SMILES string of the molecule is CC1(C)OB(c2ccc3c(c2)-c2ccccc2-c2ccccc2C32c3ccccc3S(=O)(=O)c3ccccc32)OC1(C)C. The molecule has 0 N–H and O–H groups in total. The van der Waals surface area contributed by atoms with E-state index in [-0.39, 0.29) is 0 Å². The third-order valence-electron chi connectivity index (χ3n) is 9.97. The molecule has 0 atom stereocenters. The quantitative estimate of drug-likeness (QED) is 0.193. The van der Waals surface area contributed by atoms with Gasteiger partial charge >= 0.3 is 7.12 Å². The molecule has 3 aliphatic rings. The van der Waals surface area contributed by atoms with Crippen LogP contribution in [0.15, 0.2) is 125 Å². The molecule has 5 aromatic carbocycles.